The maximum absolute atomic E-state index is 13.7. The summed E-state index contributed by atoms with van der Waals surface area (Å²) in [5, 5.41) is 2.92. The molecule has 11 nitrogen and oxygen atoms in total. The third kappa shape index (κ3) is 6.90. The van der Waals surface area contributed by atoms with E-state index < -0.39 is 24.1 Å². The highest BCUT2D eigenvalue weighted by Crippen LogP contribution is 2.26. The van der Waals surface area contributed by atoms with Crippen molar-refractivity contribution in [2.45, 2.75) is 89.0 Å². The maximum atomic E-state index is 13.7. The van der Waals surface area contributed by atoms with Gasteiger partial charge in [-0.1, -0.05) is 11.9 Å². The van der Waals surface area contributed by atoms with E-state index in [1.165, 1.54) is 16.8 Å². The summed E-state index contributed by atoms with van der Waals surface area (Å²) < 4.78 is 8.55. The molecule has 12 heteroatoms. The Hall–Kier alpha value is -2.34. The Balaban J connectivity index is 1.64. The van der Waals surface area contributed by atoms with Crippen molar-refractivity contribution in [1.82, 2.24) is 24.7 Å². The molecule has 36 heavy (non-hydrogen) atoms. The van der Waals surface area contributed by atoms with Crippen LogP contribution in [-0.2, 0) is 28.7 Å². The quantitative estimate of drug-likeness (QED) is 0.237. The first-order chi connectivity index (χ1) is 17.3. The number of likely N-dealkylation sites (tertiary alicyclic amines) is 3. The molecule has 4 amide bonds. The predicted octanol–water partition coefficient (Wildman–Crippen LogP) is 0.283. The van der Waals surface area contributed by atoms with Crippen molar-refractivity contribution in [3.63, 3.8) is 0 Å². The molecule has 4 atom stereocenters. The normalized spacial score (nSPS) is 26.3. The van der Waals surface area contributed by atoms with Gasteiger partial charge in [0.15, 0.2) is 0 Å². The average molecular weight is 526 g/mol. The van der Waals surface area contributed by atoms with Crippen molar-refractivity contribution >= 4 is 42.0 Å². The van der Waals surface area contributed by atoms with Crippen LogP contribution in [0.3, 0.4) is 0 Å². The number of nitrogens with zero attached hydrogens (tertiary/aromatic N) is 3. The van der Waals surface area contributed by atoms with E-state index in [1.807, 2.05) is 20.1 Å². The third-order valence-electron chi connectivity index (χ3n) is 6.97. The van der Waals surface area contributed by atoms with E-state index in [9.17, 15) is 24.0 Å². The van der Waals surface area contributed by atoms with Gasteiger partial charge in [-0.15, -0.1) is 0 Å². The summed E-state index contributed by atoms with van der Waals surface area (Å²) in [6, 6.07) is -1.90. The molecule has 0 aromatic heterocycles. The molecule has 4 unspecified atom stereocenters. The van der Waals surface area contributed by atoms with E-state index in [0.717, 1.165) is 19.3 Å². The van der Waals surface area contributed by atoms with E-state index in [-0.39, 0.29) is 42.8 Å². The van der Waals surface area contributed by atoms with Gasteiger partial charge in [0, 0.05) is 31.7 Å². The summed E-state index contributed by atoms with van der Waals surface area (Å²) in [4.78, 5) is 67.7. The van der Waals surface area contributed by atoms with Crippen LogP contribution in [0.2, 0.25) is 0 Å². The second kappa shape index (κ2) is 13.3. The lowest BCUT2D eigenvalue weighted by atomic mass is 9.99. The molecular formula is C24H39N5O6S. The minimum Gasteiger partial charge on any atom is -0.464 e. The van der Waals surface area contributed by atoms with E-state index in [1.54, 1.807) is 9.80 Å². The first-order valence-electron chi connectivity index (χ1n) is 12.8. The van der Waals surface area contributed by atoms with E-state index in [2.05, 4.69) is 10.0 Å². The number of hydrogen-bond acceptors (Lipinski definition) is 8. The number of amides is 4. The van der Waals surface area contributed by atoms with Gasteiger partial charge in [-0.05, 0) is 58.6 Å². The second-order valence-corrected chi connectivity index (χ2v) is 10.6. The lowest BCUT2D eigenvalue weighted by Gasteiger charge is -2.38. The Labute approximate surface area is 217 Å². The van der Waals surface area contributed by atoms with Gasteiger partial charge in [-0.25, -0.2) is 4.79 Å². The Morgan fingerprint density at radius 2 is 1.78 bits per heavy atom. The van der Waals surface area contributed by atoms with Crippen LogP contribution in [0.5, 0.6) is 0 Å². The predicted molar refractivity (Wildman–Crippen MR) is 135 cm³/mol. The molecule has 0 radical (unpaired) electrons. The summed E-state index contributed by atoms with van der Waals surface area (Å²) in [6.07, 6.45) is 6.54. The van der Waals surface area contributed by atoms with Crippen molar-refractivity contribution < 1.29 is 28.7 Å². The van der Waals surface area contributed by atoms with Crippen LogP contribution in [0.25, 0.3) is 0 Å². The standard InChI is InChI=1S/C24H39N5O6S/c1-16(2)25-22(32)18-7-4-5-11-28(18)23(33)20-13-17(26-36-3)14-29(20)21(31)9-12-35-24(34)19-8-6-10-27(19)15-30/h15-20,26H,4-14H2,1-3H3,(H,25,32). The minimum atomic E-state index is -0.675. The second-order valence-electron chi connectivity index (χ2n) is 9.94. The summed E-state index contributed by atoms with van der Waals surface area (Å²) in [7, 11) is 0. The molecule has 3 aliphatic heterocycles. The fraction of sp³-hybridized carbons (Fsp3) is 0.792. The summed E-state index contributed by atoms with van der Waals surface area (Å²) in [5.74, 6) is -1.14. The third-order valence-corrected chi connectivity index (χ3v) is 7.54. The summed E-state index contributed by atoms with van der Waals surface area (Å²) in [5.41, 5.74) is 0. The molecule has 0 bridgehead atoms. The topological polar surface area (TPSA) is 128 Å². The molecule has 0 spiro atoms. The molecule has 202 valence electrons. The zero-order valence-electron chi connectivity index (χ0n) is 21.4. The Bertz CT molecular complexity index is 827. The number of piperidine rings is 1. The van der Waals surface area contributed by atoms with Gasteiger partial charge in [0.2, 0.25) is 24.1 Å². The van der Waals surface area contributed by atoms with Crippen LogP contribution < -0.4 is 10.0 Å². The van der Waals surface area contributed by atoms with Crippen LogP contribution in [0.15, 0.2) is 0 Å². The maximum Gasteiger partial charge on any atom is 0.328 e. The Morgan fingerprint density at radius 3 is 2.47 bits per heavy atom. The number of carbonyl (C=O) groups is 5. The molecule has 0 aromatic carbocycles. The molecule has 3 rings (SSSR count). The number of nitrogens with one attached hydrogen (secondary N) is 2. The van der Waals surface area contributed by atoms with Gasteiger partial charge >= 0.3 is 5.97 Å². The number of esters is 1. The van der Waals surface area contributed by atoms with Gasteiger partial charge in [-0.3, -0.25) is 23.9 Å². The van der Waals surface area contributed by atoms with Crippen molar-refractivity contribution in [1.29, 1.82) is 0 Å². The lowest BCUT2D eigenvalue weighted by Crippen LogP contribution is -2.57. The highest BCUT2D eigenvalue weighted by atomic mass is 32.2. The molecular weight excluding hydrogens is 486 g/mol. The number of hydrogen-bond donors (Lipinski definition) is 2. The van der Waals surface area contributed by atoms with Crippen LogP contribution >= 0.6 is 11.9 Å². The van der Waals surface area contributed by atoms with E-state index in [4.69, 9.17) is 4.74 Å². The molecule has 0 saturated carbocycles. The zero-order chi connectivity index (χ0) is 26.2. The summed E-state index contributed by atoms with van der Waals surface area (Å²) >= 11 is 1.43. The van der Waals surface area contributed by atoms with E-state index in [0.29, 0.717) is 45.3 Å². The van der Waals surface area contributed by atoms with Gasteiger partial charge < -0.3 is 24.8 Å². The van der Waals surface area contributed by atoms with Gasteiger partial charge in [0.25, 0.3) is 0 Å². The van der Waals surface area contributed by atoms with Crippen molar-refractivity contribution in [3.05, 3.63) is 0 Å². The van der Waals surface area contributed by atoms with Gasteiger partial charge in [0.1, 0.15) is 24.7 Å². The van der Waals surface area contributed by atoms with Crippen molar-refractivity contribution in [2.24, 2.45) is 0 Å². The highest BCUT2D eigenvalue weighted by molar-refractivity contribution is 7.96. The van der Waals surface area contributed by atoms with Gasteiger partial charge in [0.05, 0.1) is 6.42 Å². The van der Waals surface area contributed by atoms with Crippen LogP contribution in [0, 0.1) is 0 Å². The zero-order valence-corrected chi connectivity index (χ0v) is 22.3. The molecule has 0 aromatic rings. The van der Waals surface area contributed by atoms with Crippen molar-refractivity contribution in [2.75, 3.05) is 32.5 Å². The molecule has 2 N–H and O–H groups in total. The molecule has 3 fully saturated rings. The van der Waals surface area contributed by atoms with E-state index >= 15 is 0 Å². The molecule has 0 aliphatic carbocycles. The van der Waals surface area contributed by atoms with Crippen molar-refractivity contribution in [3.8, 4) is 0 Å². The molecule has 3 aliphatic rings. The number of ether oxygens (including phenoxy) is 1. The first-order valence-corrected chi connectivity index (χ1v) is 14.1. The monoisotopic (exact) mass is 525 g/mol. The smallest absolute Gasteiger partial charge is 0.328 e. The average Bonchev–Trinajstić information content (AvgIpc) is 3.50. The highest BCUT2D eigenvalue weighted by Gasteiger charge is 2.44. The van der Waals surface area contributed by atoms with Crippen LogP contribution in [0.1, 0.15) is 58.8 Å². The number of rotatable bonds is 10. The fourth-order valence-corrected chi connectivity index (χ4v) is 5.79. The first kappa shape index (κ1) is 28.2. The fourth-order valence-electron chi connectivity index (χ4n) is 5.28. The molecule has 3 saturated heterocycles. The summed E-state index contributed by atoms with van der Waals surface area (Å²) in [6.45, 7) is 5.04. The largest absolute Gasteiger partial charge is 0.464 e. The number of carbonyl (C=O) groups excluding carboxylic acids is 5. The molecule has 3 heterocycles. The Morgan fingerprint density at radius 1 is 1.03 bits per heavy atom. The van der Waals surface area contributed by atoms with Crippen LogP contribution in [0.4, 0.5) is 0 Å². The van der Waals surface area contributed by atoms with Gasteiger partial charge in [-0.2, -0.15) is 0 Å². The minimum absolute atomic E-state index is 0.0263. The SMILES string of the molecule is CSNC1CC(C(=O)N2CCCCC2C(=O)NC(C)C)N(C(=O)CCOC(=O)C2CCCN2C=O)C1. The lowest BCUT2D eigenvalue weighted by molar-refractivity contribution is -0.153. The van der Waals surface area contributed by atoms with Crippen LogP contribution in [-0.4, -0.2) is 108 Å². The Kier molecular flexibility index (Phi) is 10.4.